The molecular formula is CH9CaK2O7P. The molecule has 5 N–H and O–H groups in total. The number of rotatable bonds is 0. The van der Waals surface area contributed by atoms with Crippen LogP contribution in [0.25, 0.3) is 0 Å². The van der Waals surface area contributed by atoms with Gasteiger partial charge in [-0.1, -0.05) is 0 Å². The van der Waals surface area contributed by atoms with Crippen molar-refractivity contribution in [3.8, 4) is 0 Å². The Morgan fingerprint density at radius 3 is 1.00 bits per heavy atom. The molecular weight excluding hydrogens is 273 g/mol. The van der Waals surface area contributed by atoms with Crippen molar-refractivity contribution in [1.29, 1.82) is 0 Å². The third-order valence-corrected chi connectivity index (χ3v) is 0. The van der Waals surface area contributed by atoms with Gasteiger partial charge in [-0.15, -0.1) is 0 Å². The van der Waals surface area contributed by atoms with Crippen molar-refractivity contribution in [3.05, 3.63) is 0 Å². The minimum atomic E-state index is -4.64. The van der Waals surface area contributed by atoms with Crippen LogP contribution in [0.4, 0.5) is 4.79 Å². The van der Waals surface area contributed by atoms with E-state index in [0.717, 1.165) is 0 Å². The Hall–Kier alpha value is 3.91. The average Bonchev–Trinajstić information content (AvgIpc) is 1.19. The fourth-order valence-electron chi connectivity index (χ4n) is 0. The molecule has 0 heterocycles. The van der Waals surface area contributed by atoms with Crippen molar-refractivity contribution in [3.63, 3.8) is 0 Å². The third kappa shape index (κ3) is 152. The van der Waals surface area contributed by atoms with Crippen LogP contribution in [0.15, 0.2) is 0 Å². The maximum atomic E-state index is 8.88. The summed E-state index contributed by atoms with van der Waals surface area (Å²) >= 11 is 0. The van der Waals surface area contributed by atoms with Gasteiger partial charge < -0.3 is 24.9 Å². The van der Waals surface area contributed by atoms with Crippen LogP contribution in [0.1, 0.15) is 0 Å². The van der Waals surface area contributed by atoms with E-state index in [9.17, 15) is 0 Å². The fourth-order valence-corrected chi connectivity index (χ4v) is 0. The molecule has 12 heavy (non-hydrogen) atoms. The van der Waals surface area contributed by atoms with E-state index in [1.54, 1.807) is 0 Å². The molecule has 0 amide bonds. The molecule has 7 nitrogen and oxygen atoms in total. The number of carboxylic acid groups (broad SMARTS) is 2. The Kier molecular flexibility index (Phi) is 42.9. The van der Waals surface area contributed by atoms with Gasteiger partial charge in [0.05, 0.1) is 0 Å². The molecule has 0 saturated carbocycles. The van der Waals surface area contributed by atoms with E-state index in [2.05, 4.69) is 0 Å². The van der Waals surface area contributed by atoms with Crippen LogP contribution in [-0.2, 0) is 4.57 Å². The Morgan fingerprint density at radius 1 is 1.00 bits per heavy atom. The standard InChI is InChI=1S/CH2O3.Ca.2K.H3O4P.4H/c2-1(3)4;;;;1-5(2,3)4;;;;/h(H2,2,3,4);;;;(H3,1,2,3,4);;;;. The summed E-state index contributed by atoms with van der Waals surface area (Å²) in [7, 11) is -4.64. The molecule has 0 bridgehead atoms. The Balaban J connectivity index is -0.0000000221. The molecule has 0 unspecified atom stereocenters. The van der Waals surface area contributed by atoms with Gasteiger partial charge in [0.1, 0.15) is 0 Å². The second-order valence-electron chi connectivity index (χ2n) is 0.796. The number of hydrogen-bond donors (Lipinski definition) is 5. The quantitative estimate of drug-likeness (QED) is 0.237. The maximum absolute atomic E-state index is 8.88. The van der Waals surface area contributed by atoms with Crippen molar-refractivity contribution in [2.75, 3.05) is 0 Å². The van der Waals surface area contributed by atoms with Gasteiger partial charge in [0, 0.05) is 0 Å². The van der Waals surface area contributed by atoms with Gasteiger partial charge in [-0.25, -0.2) is 9.36 Å². The summed E-state index contributed by atoms with van der Waals surface area (Å²) in [6.07, 6.45) is -1.83. The van der Waals surface area contributed by atoms with Crippen molar-refractivity contribution < 1.29 is 34.3 Å². The van der Waals surface area contributed by atoms with Crippen molar-refractivity contribution in [2.24, 2.45) is 0 Å². The molecule has 0 spiro atoms. The van der Waals surface area contributed by atoms with Gasteiger partial charge in [0.15, 0.2) is 0 Å². The van der Waals surface area contributed by atoms with Gasteiger partial charge in [0.25, 0.3) is 0 Å². The molecule has 0 radical (unpaired) electrons. The first-order valence-electron chi connectivity index (χ1n) is 1.43. The summed E-state index contributed by atoms with van der Waals surface area (Å²) < 4.78 is 8.88. The molecule has 0 saturated heterocycles. The normalized spacial score (nSPS) is 6.92. The Bertz CT molecular complexity index is 121. The summed E-state index contributed by atoms with van der Waals surface area (Å²) in [5, 5.41) is 13.9. The van der Waals surface area contributed by atoms with E-state index in [1.165, 1.54) is 0 Å². The molecule has 0 aliphatic heterocycles. The molecule has 0 aromatic heterocycles. The van der Waals surface area contributed by atoms with E-state index < -0.39 is 14.0 Å². The van der Waals surface area contributed by atoms with Crippen LogP contribution >= 0.6 is 7.82 Å². The van der Waals surface area contributed by atoms with E-state index in [1.807, 2.05) is 0 Å². The zero-order chi connectivity index (χ0) is 8.08. The minimum absolute atomic E-state index is 0. The molecule has 0 aliphatic rings. The van der Waals surface area contributed by atoms with Crippen LogP contribution < -0.4 is 0 Å². The zero-order valence-electron chi connectivity index (χ0n) is 4.00. The predicted molar refractivity (Wildman–Crippen MR) is 47.8 cm³/mol. The summed E-state index contributed by atoms with van der Waals surface area (Å²) in [6.45, 7) is 0. The summed E-state index contributed by atoms with van der Waals surface area (Å²) in [5.74, 6) is 0. The molecule has 0 aromatic rings. The molecule has 11 heteroatoms. The van der Waals surface area contributed by atoms with Gasteiger partial charge in [0.2, 0.25) is 0 Å². The van der Waals surface area contributed by atoms with Crippen LogP contribution in [0.3, 0.4) is 0 Å². The Morgan fingerprint density at radius 2 is 1.00 bits per heavy atom. The summed E-state index contributed by atoms with van der Waals surface area (Å²) in [4.78, 5) is 30.1. The van der Waals surface area contributed by atoms with Crippen LogP contribution in [0, 0.1) is 0 Å². The Labute approximate surface area is 183 Å². The first-order chi connectivity index (χ1) is 3.73. The van der Waals surface area contributed by atoms with Crippen molar-refractivity contribution >= 4 is 154 Å². The van der Waals surface area contributed by atoms with E-state index in [0.29, 0.717) is 0 Å². The van der Waals surface area contributed by atoms with Crippen molar-refractivity contribution in [1.82, 2.24) is 0 Å². The molecule has 0 aromatic carbocycles. The van der Waals surface area contributed by atoms with E-state index in [4.69, 9.17) is 34.3 Å². The second-order valence-corrected chi connectivity index (χ2v) is 1.82. The molecule has 0 rings (SSSR count). The number of phosphoric acid groups is 1. The monoisotopic (exact) mass is 282 g/mol. The van der Waals surface area contributed by atoms with E-state index >= 15 is 0 Å². The van der Waals surface area contributed by atoms with Gasteiger partial charge in [-0.2, -0.15) is 0 Å². The summed E-state index contributed by atoms with van der Waals surface area (Å²) in [5.41, 5.74) is 0. The number of carbonyl (C=O) groups is 1. The van der Waals surface area contributed by atoms with Gasteiger partial charge in [-0.3, -0.25) is 0 Å². The number of hydrogen-bond acceptors (Lipinski definition) is 2. The SMILES string of the molecule is O=C(O)O.O=P(O)(O)O.[CaH2].[KH].[KH]. The van der Waals surface area contributed by atoms with Crippen LogP contribution in [0.5, 0.6) is 0 Å². The third-order valence-electron chi connectivity index (χ3n) is 0. The first-order valence-corrected chi connectivity index (χ1v) is 3.00. The fraction of sp³-hybridized carbons (Fsp3) is 0. The molecule has 0 aliphatic carbocycles. The zero-order valence-corrected chi connectivity index (χ0v) is 4.89. The second kappa shape index (κ2) is 17.3. The van der Waals surface area contributed by atoms with Crippen molar-refractivity contribution in [2.45, 2.75) is 0 Å². The molecule has 64 valence electrons. The topological polar surface area (TPSA) is 135 Å². The molecule has 0 fully saturated rings. The first kappa shape index (κ1) is 29.7. The average molecular weight is 282 g/mol. The van der Waals surface area contributed by atoms with Crippen LogP contribution in [-0.4, -0.2) is 172 Å². The predicted octanol–water partition coefficient (Wildman–Crippen LogP) is -2.92. The van der Waals surface area contributed by atoms with E-state index in [-0.39, 0.29) is 141 Å². The van der Waals surface area contributed by atoms with Crippen LogP contribution in [0.2, 0.25) is 0 Å². The van der Waals surface area contributed by atoms with Gasteiger partial charge in [-0.05, 0) is 0 Å². The summed E-state index contributed by atoms with van der Waals surface area (Å²) in [6, 6.07) is 0. The van der Waals surface area contributed by atoms with Gasteiger partial charge >= 0.3 is 154 Å². The molecule has 0 atom stereocenters.